The van der Waals surface area contributed by atoms with Crippen LogP contribution >= 0.6 is 0 Å². The highest BCUT2D eigenvalue weighted by Gasteiger charge is 2.36. The number of carboxylic acids is 4. The van der Waals surface area contributed by atoms with Gasteiger partial charge in [-0.2, -0.15) is 0 Å². The summed E-state index contributed by atoms with van der Waals surface area (Å²) in [5.41, 5.74) is 0. The standard InChI is InChI=1S/C12H12O8/c13-9(14)5-1-2-6(10(15)16)8(12(19)20)4-3-7(5)11(17)18/h1-8H,(H,13,14)(H,15,16)(H,17,18)(H,19,20). The minimum atomic E-state index is -1.46. The summed E-state index contributed by atoms with van der Waals surface area (Å²) in [4.78, 5) is 44.1. The van der Waals surface area contributed by atoms with Crippen LogP contribution in [0.1, 0.15) is 0 Å². The number of carboxylic acid groups (broad SMARTS) is 4. The van der Waals surface area contributed by atoms with Crippen LogP contribution in [0.3, 0.4) is 0 Å². The molecule has 0 radical (unpaired) electrons. The van der Waals surface area contributed by atoms with E-state index in [1.54, 1.807) is 0 Å². The van der Waals surface area contributed by atoms with E-state index in [1.165, 1.54) is 0 Å². The van der Waals surface area contributed by atoms with Crippen LogP contribution in [-0.2, 0) is 19.2 Å². The molecule has 0 fully saturated rings. The molecule has 0 aliphatic heterocycles. The third-order valence-electron chi connectivity index (χ3n) is 2.97. The van der Waals surface area contributed by atoms with Gasteiger partial charge in [0.25, 0.3) is 0 Å². The fourth-order valence-electron chi connectivity index (χ4n) is 1.90. The lowest BCUT2D eigenvalue weighted by atomic mass is 9.82. The minimum Gasteiger partial charge on any atom is -0.481 e. The lowest BCUT2D eigenvalue weighted by Gasteiger charge is -2.20. The van der Waals surface area contributed by atoms with Crippen LogP contribution in [0.5, 0.6) is 0 Å². The summed E-state index contributed by atoms with van der Waals surface area (Å²) >= 11 is 0. The van der Waals surface area contributed by atoms with Gasteiger partial charge in [-0.25, -0.2) is 0 Å². The number of rotatable bonds is 4. The monoisotopic (exact) mass is 284 g/mol. The largest absolute Gasteiger partial charge is 0.481 e. The van der Waals surface area contributed by atoms with Gasteiger partial charge in [0.05, 0.1) is 23.7 Å². The first-order valence-corrected chi connectivity index (χ1v) is 5.53. The van der Waals surface area contributed by atoms with Gasteiger partial charge in [-0.15, -0.1) is 0 Å². The van der Waals surface area contributed by atoms with Crippen LogP contribution in [0.4, 0.5) is 0 Å². The Morgan fingerprint density at radius 3 is 0.750 bits per heavy atom. The van der Waals surface area contributed by atoms with Gasteiger partial charge in [0.1, 0.15) is 0 Å². The maximum Gasteiger partial charge on any atom is 0.311 e. The average molecular weight is 284 g/mol. The van der Waals surface area contributed by atoms with E-state index < -0.39 is 47.5 Å². The molecule has 4 N–H and O–H groups in total. The molecular formula is C12H12O8. The summed E-state index contributed by atoms with van der Waals surface area (Å²) < 4.78 is 0. The second kappa shape index (κ2) is 6.00. The second-order valence-corrected chi connectivity index (χ2v) is 4.23. The molecule has 1 aliphatic rings. The molecule has 4 atom stereocenters. The molecule has 1 rings (SSSR count). The Labute approximate surface area is 112 Å². The Hall–Kier alpha value is -2.64. The van der Waals surface area contributed by atoms with E-state index in [0.29, 0.717) is 0 Å². The maximum absolute atomic E-state index is 11.0. The Morgan fingerprint density at radius 1 is 0.500 bits per heavy atom. The smallest absolute Gasteiger partial charge is 0.311 e. The van der Waals surface area contributed by atoms with Gasteiger partial charge in [-0.3, -0.25) is 19.2 Å². The van der Waals surface area contributed by atoms with Crippen molar-refractivity contribution < 1.29 is 39.6 Å². The lowest BCUT2D eigenvalue weighted by Crippen LogP contribution is -2.32. The van der Waals surface area contributed by atoms with Crippen LogP contribution in [0, 0.1) is 23.7 Å². The third kappa shape index (κ3) is 3.22. The molecule has 20 heavy (non-hydrogen) atoms. The summed E-state index contributed by atoms with van der Waals surface area (Å²) in [6, 6.07) is 0. The first kappa shape index (κ1) is 15.4. The fourth-order valence-corrected chi connectivity index (χ4v) is 1.90. The van der Waals surface area contributed by atoms with Gasteiger partial charge in [0.15, 0.2) is 0 Å². The van der Waals surface area contributed by atoms with E-state index in [-0.39, 0.29) is 0 Å². The van der Waals surface area contributed by atoms with Crippen molar-refractivity contribution in [2.24, 2.45) is 23.7 Å². The van der Waals surface area contributed by atoms with Crippen molar-refractivity contribution in [3.05, 3.63) is 24.3 Å². The predicted octanol–water partition coefficient (Wildman–Crippen LogP) is -0.0844. The summed E-state index contributed by atoms with van der Waals surface area (Å²) in [6.07, 6.45) is 3.66. The van der Waals surface area contributed by atoms with E-state index in [4.69, 9.17) is 20.4 Å². The molecule has 0 aromatic carbocycles. The zero-order valence-electron chi connectivity index (χ0n) is 10.0. The lowest BCUT2D eigenvalue weighted by molar-refractivity contribution is -0.151. The molecule has 0 aromatic heterocycles. The van der Waals surface area contributed by atoms with Crippen molar-refractivity contribution in [2.45, 2.75) is 0 Å². The molecular weight excluding hydrogens is 272 g/mol. The zero-order chi connectivity index (χ0) is 15.4. The fraction of sp³-hybridized carbons (Fsp3) is 0.333. The SMILES string of the molecule is O=C(O)C1C=CC(C(=O)O)C(C(=O)O)C=CC1C(=O)O. The Bertz CT molecular complexity index is 414. The van der Waals surface area contributed by atoms with Crippen molar-refractivity contribution in [1.82, 2.24) is 0 Å². The molecule has 4 unspecified atom stereocenters. The molecule has 0 spiro atoms. The maximum atomic E-state index is 11.0. The normalized spacial score (nSPS) is 29.2. The predicted molar refractivity (Wildman–Crippen MR) is 62.8 cm³/mol. The molecule has 0 saturated heterocycles. The van der Waals surface area contributed by atoms with E-state index in [9.17, 15) is 19.2 Å². The van der Waals surface area contributed by atoms with Crippen molar-refractivity contribution in [3.63, 3.8) is 0 Å². The highest BCUT2D eigenvalue weighted by atomic mass is 16.4. The van der Waals surface area contributed by atoms with Crippen LogP contribution in [0.15, 0.2) is 24.3 Å². The Balaban J connectivity index is 3.27. The molecule has 8 nitrogen and oxygen atoms in total. The van der Waals surface area contributed by atoms with Crippen molar-refractivity contribution in [1.29, 1.82) is 0 Å². The molecule has 1 aliphatic carbocycles. The van der Waals surface area contributed by atoms with Crippen molar-refractivity contribution in [3.8, 4) is 0 Å². The van der Waals surface area contributed by atoms with Gasteiger partial charge in [0, 0.05) is 0 Å². The first-order chi connectivity index (χ1) is 9.25. The van der Waals surface area contributed by atoms with Crippen LogP contribution < -0.4 is 0 Å². The van der Waals surface area contributed by atoms with E-state index in [1.807, 2.05) is 0 Å². The molecule has 0 aromatic rings. The molecule has 108 valence electrons. The summed E-state index contributed by atoms with van der Waals surface area (Å²) in [5.74, 6) is -11.6. The van der Waals surface area contributed by atoms with E-state index in [2.05, 4.69) is 0 Å². The molecule has 0 saturated carbocycles. The Kier molecular flexibility index (Phi) is 4.63. The number of aliphatic carboxylic acids is 4. The molecule has 0 bridgehead atoms. The molecule has 0 amide bonds. The Morgan fingerprint density at radius 2 is 0.650 bits per heavy atom. The van der Waals surface area contributed by atoms with Crippen LogP contribution in [0.2, 0.25) is 0 Å². The average Bonchev–Trinajstić information content (AvgIpc) is 2.26. The van der Waals surface area contributed by atoms with Crippen molar-refractivity contribution >= 4 is 23.9 Å². The number of hydrogen-bond acceptors (Lipinski definition) is 4. The van der Waals surface area contributed by atoms with Gasteiger partial charge in [0.2, 0.25) is 0 Å². The highest BCUT2D eigenvalue weighted by molar-refractivity contribution is 5.86. The van der Waals surface area contributed by atoms with Crippen LogP contribution in [-0.4, -0.2) is 44.3 Å². The van der Waals surface area contributed by atoms with E-state index >= 15 is 0 Å². The minimum absolute atomic E-state index is 0.916. The molecule has 8 heteroatoms. The zero-order valence-corrected chi connectivity index (χ0v) is 10.0. The quantitative estimate of drug-likeness (QED) is 0.523. The van der Waals surface area contributed by atoms with Gasteiger partial charge >= 0.3 is 23.9 Å². The highest BCUT2D eigenvalue weighted by Crippen LogP contribution is 2.26. The summed E-state index contributed by atoms with van der Waals surface area (Å²) in [7, 11) is 0. The van der Waals surface area contributed by atoms with Crippen molar-refractivity contribution in [2.75, 3.05) is 0 Å². The van der Waals surface area contributed by atoms with Gasteiger partial charge in [-0.1, -0.05) is 24.3 Å². The second-order valence-electron chi connectivity index (χ2n) is 4.23. The molecule has 0 heterocycles. The number of hydrogen-bond donors (Lipinski definition) is 4. The topological polar surface area (TPSA) is 149 Å². The van der Waals surface area contributed by atoms with Gasteiger partial charge < -0.3 is 20.4 Å². The first-order valence-electron chi connectivity index (χ1n) is 5.53. The van der Waals surface area contributed by atoms with Crippen LogP contribution in [0.25, 0.3) is 0 Å². The summed E-state index contributed by atoms with van der Waals surface area (Å²) in [5, 5.41) is 35.8. The van der Waals surface area contributed by atoms with Gasteiger partial charge in [-0.05, 0) is 0 Å². The number of carbonyl (C=O) groups is 4. The third-order valence-corrected chi connectivity index (χ3v) is 2.97. The summed E-state index contributed by atoms with van der Waals surface area (Å²) in [6.45, 7) is 0. The van der Waals surface area contributed by atoms with E-state index in [0.717, 1.165) is 24.3 Å².